The number of rotatable bonds is 1. The van der Waals surface area contributed by atoms with Crippen molar-refractivity contribution in [2.75, 3.05) is 0 Å². The van der Waals surface area contributed by atoms with E-state index in [1.807, 2.05) is 0 Å². The smallest absolute Gasteiger partial charge is 0.508 e. The van der Waals surface area contributed by atoms with Crippen LogP contribution < -0.4 is 9.47 Å². The van der Waals surface area contributed by atoms with E-state index in [0.29, 0.717) is 5.56 Å². The molecule has 0 spiro atoms. The summed E-state index contributed by atoms with van der Waals surface area (Å²) in [5.74, 6) is -0.380. The van der Waals surface area contributed by atoms with Gasteiger partial charge >= 0.3 is 6.29 Å². The maximum atomic E-state index is 12.5. The highest BCUT2D eigenvalue weighted by molar-refractivity contribution is 5.61. The Balaban J connectivity index is 2.40. The van der Waals surface area contributed by atoms with Gasteiger partial charge in [0.2, 0.25) is 0 Å². The van der Waals surface area contributed by atoms with Gasteiger partial charge in [0.15, 0.2) is 11.5 Å². The maximum Gasteiger partial charge on any atom is 0.586 e. The molecule has 0 radical (unpaired) electrons. The zero-order chi connectivity index (χ0) is 10.3. The number of aliphatic hydroxyl groups is 1. The number of aliphatic hydroxyl groups excluding tert-OH is 1. The highest BCUT2D eigenvalue weighted by Crippen LogP contribution is 2.41. The number of alkyl halides is 2. The van der Waals surface area contributed by atoms with Crippen molar-refractivity contribution in [3.05, 3.63) is 30.3 Å². The van der Waals surface area contributed by atoms with E-state index in [4.69, 9.17) is 5.11 Å². The van der Waals surface area contributed by atoms with Crippen LogP contribution in [-0.4, -0.2) is 11.4 Å². The van der Waals surface area contributed by atoms with Gasteiger partial charge in [-0.15, -0.1) is 8.78 Å². The summed E-state index contributed by atoms with van der Waals surface area (Å²) >= 11 is 0. The summed E-state index contributed by atoms with van der Waals surface area (Å²) in [5, 5.41) is 9.01. The molecule has 14 heavy (non-hydrogen) atoms. The number of benzene rings is 1. The SMILES string of the molecule is C=C(O)c1ccc2c(c1)OC(F)(F)O2. The third-order valence-electron chi connectivity index (χ3n) is 1.73. The standard InChI is InChI=1S/C9H6F2O3/c1-5(12)6-2-3-7-8(4-6)14-9(10,11)13-7/h2-4,12H,1H2. The van der Waals surface area contributed by atoms with Gasteiger partial charge in [0.1, 0.15) is 5.76 Å². The molecular weight excluding hydrogens is 194 g/mol. The average Bonchev–Trinajstić information content (AvgIpc) is 2.36. The van der Waals surface area contributed by atoms with E-state index in [1.165, 1.54) is 18.2 Å². The van der Waals surface area contributed by atoms with Gasteiger partial charge < -0.3 is 14.6 Å². The van der Waals surface area contributed by atoms with E-state index < -0.39 is 6.29 Å². The van der Waals surface area contributed by atoms with Crippen molar-refractivity contribution in [2.45, 2.75) is 6.29 Å². The van der Waals surface area contributed by atoms with Crippen LogP contribution in [0.15, 0.2) is 24.8 Å². The Morgan fingerprint density at radius 2 is 1.93 bits per heavy atom. The topological polar surface area (TPSA) is 38.7 Å². The lowest BCUT2D eigenvalue weighted by atomic mass is 10.2. The molecule has 74 valence electrons. The third-order valence-corrected chi connectivity index (χ3v) is 1.73. The highest BCUT2D eigenvalue weighted by atomic mass is 19.3. The maximum absolute atomic E-state index is 12.5. The van der Waals surface area contributed by atoms with Crippen LogP contribution in [0, 0.1) is 0 Å². The Kier molecular flexibility index (Phi) is 1.64. The van der Waals surface area contributed by atoms with Gasteiger partial charge in [0.05, 0.1) is 0 Å². The Morgan fingerprint density at radius 3 is 2.57 bits per heavy atom. The molecule has 0 aliphatic carbocycles. The molecule has 0 aromatic heterocycles. The first kappa shape index (κ1) is 8.80. The van der Waals surface area contributed by atoms with Crippen LogP contribution in [0.1, 0.15) is 5.56 Å². The monoisotopic (exact) mass is 200 g/mol. The molecule has 0 fully saturated rings. The summed E-state index contributed by atoms with van der Waals surface area (Å²) in [6.45, 7) is 3.26. The van der Waals surface area contributed by atoms with Crippen molar-refractivity contribution in [1.29, 1.82) is 0 Å². The molecule has 0 atom stereocenters. The van der Waals surface area contributed by atoms with Crippen molar-refractivity contribution in [1.82, 2.24) is 0 Å². The molecular formula is C9H6F2O3. The van der Waals surface area contributed by atoms with Gasteiger partial charge in [-0.3, -0.25) is 0 Å². The number of hydrogen-bond donors (Lipinski definition) is 1. The first-order valence-corrected chi connectivity index (χ1v) is 3.76. The van der Waals surface area contributed by atoms with Crippen molar-refractivity contribution in [3.8, 4) is 11.5 Å². The Morgan fingerprint density at radius 1 is 1.29 bits per heavy atom. The van der Waals surface area contributed by atoms with Crippen LogP contribution in [0.5, 0.6) is 11.5 Å². The normalized spacial score (nSPS) is 16.7. The fourth-order valence-electron chi connectivity index (χ4n) is 1.13. The predicted molar refractivity (Wildman–Crippen MR) is 44.3 cm³/mol. The van der Waals surface area contributed by atoms with E-state index in [1.54, 1.807) is 0 Å². The molecule has 0 bridgehead atoms. The number of fused-ring (bicyclic) bond motifs is 1. The number of ether oxygens (including phenoxy) is 2. The molecule has 0 amide bonds. The van der Waals surface area contributed by atoms with Gasteiger partial charge in [-0.2, -0.15) is 0 Å². The highest BCUT2D eigenvalue weighted by Gasteiger charge is 2.43. The van der Waals surface area contributed by atoms with Gasteiger partial charge in [-0.25, -0.2) is 0 Å². The summed E-state index contributed by atoms with van der Waals surface area (Å²) in [7, 11) is 0. The van der Waals surface area contributed by atoms with E-state index in [2.05, 4.69) is 16.1 Å². The average molecular weight is 200 g/mol. The molecule has 0 saturated carbocycles. The van der Waals surface area contributed by atoms with E-state index in [-0.39, 0.29) is 17.3 Å². The molecule has 1 N–H and O–H groups in total. The second kappa shape index (κ2) is 2.60. The van der Waals surface area contributed by atoms with Gasteiger partial charge in [0, 0.05) is 5.56 Å². The Labute approximate surface area is 78.2 Å². The minimum Gasteiger partial charge on any atom is -0.508 e. The third kappa shape index (κ3) is 1.37. The lowest BCUT2D eigenvalue weighted by Gasteiger charge is -2.04. The summed E-state index contributed by atoms with van der Waals surface area (Å²) in [4.78, 5) is 0. The molecule has 1 aromatic carbocycles. The molecule has 1 aliphatic rings. The molecule has 5 heteroatoms. The molecule has 0 unspecified atom stereocenters. The van der Waals surface area contributed by atoms with Gasteiger partial charge in [-0.1, -0.05) is 6.58 Å². The Hall–Kier alpha value is -1.78. The summed E-state index contributed by atoms with van der Waals surface area (Å²) < 4.78 is 33.4. The minimum absolute atomic E-state index is 0.0556. The molecule has 3 nitrogen and oxygen atoms in total. The van der Waals surface area contributed by atoms with Crippen molar-refractivity contribution < 1.29 is 23.4 Å². The molecule has 2 rings (SSSR count). The summed E-state index contributed by atoms with van der Waals surface area (Å²) in [6.07, 6.45) is -3.63. The fraction of sp³-hybridized carbons (Fsp3) is 0.111. The Bertz CT molecular complexity index is 401. The van der Waals surface area contributed by atoms with Crippen molar-refractivity contribution >= 4 is 5.76 Å². The van der Waals surface area contributed by atoms with Crippen LogP contribution in [0.25, 0.3) is 5.76 Å². The second-order valence-corrected chi connectivity index (χ2v) is 2.78. The van der Waals surface area contributed by atoms with Crippen LogP contribution in [0.4, 0.5) is 8.78 Å². The van der Waals surface area contributed by atoms with Crippen LogP contribution in [0.2, 0.25) is 0 Å². The van der Waals surface area contributed by atoms with Crippen LogP contribution in [-0.2, 0) is 0 Å². The molecule has 1 aliphatic heterocycles. The predicted octanol–water partition coefficient (Wildman–Crippen LogP) is 2.54. The van der Waals surface area contributed by atoms with Crippen molar-refractivity contribution in [3.63, 3.8) is 0 Å². The summed E-state index contributed by atoms with van der Waals surface area (Å²) in [5.41, 5.74) is 0.310. The van der Waals surface area contributed by atoms with E-state index in [0.717, 1.165) is 0 Å². The zero-order valence-corrected chi connectivity index (χ0v) is 6.96. The quantitative estimate of drug-likeness (QED) is 0.708. The van der Waals surface area contributed by atoms with Crippen molar-refractivity contribution in [2.24, 2.45) is 0 Å². The minimum atomic E-state index is -3.63. The van der Waals surface area contributed by atoms with E-state index >= 15 is 0 Å². The summed E-state index contributed by atoms with van der Waals surface area (Å²) in [6, 6.07) is 3.93. The number of halogens is 2. The fourth-order valence-corrected chi connectivity index (χ4v) is 1.13. The lowest BCUT2D eigenvalue weighted by molar-refractivity contribution is -0.286. The van der Waals surface area contributed by atoms with Crippen LogP contribution >= 0.6 is 0 Å². The number of hydrogen-bond acceptors (Lipinski definition) is 3. The lowest BCUT2D eigenvalue weighted by Crippen LogP contribution is -2.25. The van der Waals surface area contributed by atoms with Gasteiger partial charge in [0.25, 0.3) is 0 Å². The molecule has 0 saturated heterocycles. The first-order chi connectivity index (χ1) is 6.48. The largest absolute Gasteiger partial charge is 0.586 e. The molecule has 1 aromatic rings. The molecule has 1 heterocycles. The zero-order valence-electron chi connectivity index (χ0n) is 6.96. The van der Waals surface area contributed by atoms with Crippen LogP contribution in [0.3, 0.4) is 0 Å². The second-order valence-electron chi connectivity index (χ2n) is 2.78. The van der Waals surface area contributed by atoms with Gasteiger partial charge in [-0.05, 0) is 18.2 Å². The first-order valence-electron chi connectivity index (χ1n) is 3.76. The van der Waals surface area contributed by atoms with E-state index in [9.17, 15) is 8.78 Å².